The molecule has 3 aromatic rings. The van der Waals surface area contributed by atoms with Gasteiger partial charge in [0.15, 0.2) is 0 Å². The first-order chi connectivity index (χ1) is 14.4. The lowest BCUT2D eigenvalue weighted by Gasteiger charge is -2.21. The maximum atomic E-state index is 13.3. The van der Waals surface area contributed by atoms with Gasteiger partial charge in [-0.3, -0.25) is 4.79 Å². The number of aryl methyl sites for hydroxylation is 2. The molecule has 0 unspecified atom stereocenters. The molecule has 1 saturated heterocycles. The third-order valence-electron chi connectivity index (χ3n) is 5.75. The lowest BCUT2D eigenvalue weighted by molar-refractivity contribution is 0.102. The number of aromatic nitrogens is 1. The van der Waals surface area contributed by atoms with Crippen LogP contribution in [-0.2, 0) is 10.0 Å². The van der Waals surface area contributed by atoms with Crippen molar-refractivity contribution in [2.45, 2.75) is 44.4 Å². The zero-order chi connectivity index (χ0) is 21.3. The van der Waals surface area contributed by atoms with E-state index in [1.165, 1.54) is 0 Å². The summed E-state index contributed by atoms with van der Waals surface area (Å²) in [6.45, 7) is 4.75. The number of nitrogens with one attached hydrogen (secondary N) is 2. The summed E-state index contributed by atoms with van der Waals surface area (Å²) in [5, 5.41) is 3.73. The third kappa shape index (κ3) is 3.87. The Bertz CT molecular complexity index is 1190. The summed E-state index contributed by atoms with van der Waals surface area (Å²) < 4.78 is 28.1. The largest absolute Gasteiger partial charge is 0.358 e. The van der Waals surface area contributed by atoms with Gasteiger partial charge in [0.1, 0.15) is 0 Å². The number of hydrogen-bond acceptors (Lipinski definition) is 3. The molecule has 4 rings (SSSR count). The number of nitrogens with zero attached hydrogens (tertiary/aromatic N) is 1. The van der Waals surface area contributed by atoms with Crippen molar-refractivity contribution in [1.29, 1.82) is 0 Å². The molecule has 1 aromatic heterocycles. The molecule has 2 N–H and O–H groups in total. The summed E-state index contributed by atoms with van der Waals surface area (Å²) in [5.41, 5.74) is 3.40. The van der Waals surface area contributed by atoms with Crippen LogP contribution in [0.2, 0.25) is 0 Å². The molecule has 0 bridgehead atoms. The number of anilines is 1. The van der Waals surface area contributed by atoms with E-state index in [4.69, 9.17) is 0 Å². The van der Waals surface area contributed by atoms with E-state index in [-0.39, 0.29) is 10.8 Å². The van der Waals surface area contributed by atoms with Crippen LogP contribution in [-0.4, -0.2) is 36.7 Å². The number of carbonyl (C=O) groups is 1. The minimum atomic E-state index is -3.60. The maximum absolute atomic E-state index is 13.3. The van der Waals surface area contributed by atoms with Gasteiger partial charge in [0.05, 0.1) is 10.5 Å². The highest BCUT2D eigenvalue weighted by Crippen LogP contribution is 2.27. The molecular weight excluding hydrogens is 398 g/mol. The molecule has 2 aromatic carbocycles. The quantitative estimate of drug-likeness (QED) is 0.641. The van der Waals surface area contributed by atoms with Crippen molar-refractivity contribution in [3.63, 3.8) is 0 Å². The van der Waals surface area contributed by atoms with Crippen LogP contribution in [0.15, 0.2) is 47.4 Å². The van der Waals surface area contributed by atoms with Crippen LogP contribution in [0, 0.1) is 13.8 Å². The van der Waals surface area contributed by atoms with Crippen molar-refractivity contribution in [3.8, 4) is 0 Å². The Morgan fingerprint density at radius 2 is 1.70 bits per heavy atom. The Balaban J connectivity index is 1.64. The maximum Gasteiger partial charge on any atom is 0.258 e. The summed E-state index contributed by atoms with van der Waals surface area (Å²) in [6.07, 6.45) is 3.89. The zero-order valence-electron chi connectivity index (χ0n) is 17.4. The van der Waals surface area contributed by atoms with Gasteiger partial charge in [0, 0.05) is 35.4 Å². The highest BCUT2D eigenvalue weighted by molar-refractivity contribution is 7.89. The van der Waals surface area contributed by atoms with E-state index in [0.29, 0.717) is 29.9 Å². The smallest absolute Gasteiger partial charge is 0.258 e. The number of aromatic amines is 1. The Labute approximate surface area is 177 Å². The summed E-state index contributed by atoms with van der Waals surface area (Å²) >= 11 is 0. The second kappa shape index (κ2) is 8.24. The van der Waals surface area contributed by atoms with Crippen LogP contribution >= 0.6 is 0 Å². The topological polar surface area (TPSA) is 82.3 Å². The molecule has 0 saturated carbocycles. The number of hydrogen-bond donors (Lipinski definition) is 2. The lowest BCUT2D eigenvalue weighted by Crippen LogP contribution is -2.32. The SMILES string of the molecule is Cc1ccc(NC(=O)c2c(C)[nH]c3ccccc23)cc1S(=O)(=O)N1CCCCCC1. The highest BCUT2D eigenvalue weighted by atomic mass is 32.2. The van der Waals surface area contributed by atoms with Gasteiger partial charge in [-0.05, 0) is 50.5 Å². The number of sulfonamides is 1. The minimum absolute atomic E-state index is 0.257. The second-order valence-corrected chi connectivity index (χ2v) is 9.83. The first-order valence-corrected chi connectivity index (χ1v) is 11.8. The van der Waals surface area contributed by atoms with Crippen molar-refractivity contribution >= 4 is 32.5 Å². The molecule has 0 atom stereocenters. The van der Waals surface area contributed by atoms with E-state index in [0.717, 1.165) is 42.3 Å². The molecule has 1 amide bonds. The molecule has 0 spiro atoms. The average molecular weight is 426 g/mol. The van der Waals surface area contributed by atoms with Gasteiger partial charge in [0.25, 0.3) is 5.91 Å². The first-order valence-electron chi connectivity index (χ1n) is 10.4. The number of para-hydroxylation sites is 1. The first kappa shape index (κ1) is 20.6. The molecule has 0 radical (unpaired) electrons. The fraction of sp³-hybridized carbons (Fsp3) is 0.348. The Morgan fingerprint density at radius 3 is 2.43 bits per heavy atom. The van der Waals surface area contributed by atoms with Crippen molar-refractivity contribution in [3.05, 3.63) is 59.3 Å². The van der Waals surface area contributed by atoms with Gasteiger partial charge in [0.2, 0.25) is 10.0 Å². The molecule has 1 aliphatic rings. The number of H-pyrrole nitrogens is 1. The van der Waals surface area contributed by atoms with Crippen molar-refractivity contribution in [1.82, 2.24) is 9.29 Å². The molecule has 30 heavy (non-hydrogen) atoms. The van der Waals surface area contributed by atoms with E-state index in [2.05, 4.69) is 10.3 Å². The zero-order valence-corrected chi connectivity index (χ0v) is 18.2. The molecule has 7 heteroatoms. The van der Waals surface area contributed by atoms with Crippen molar-refractivity contribution < 1.29 is 13.2 Å². The van der Waals surface area contributed by atoms with Crippen LogP contribution in [0.25, 0.3) is 10.9 Å². The Hall–Kier alpha value is -2.64. The molecule has 1 fully saturated rings. The monoisotopic (exact) mass is 425 g/mol. The van der Waals surface area contributed by atoms with Crippen LogP contribution in [0.3, 0.4) is 0 Å². The summed E-state index contributed by atoms with van der Waals surface area (Å²) in [5.74, 6) is -0.257. The van der Waals surface area contributed by atoms with Crippen molar-refractivity contribution in [2.24, 2.45) is 0 Å². The molecule has 2 heterocycles. The minimum Gasteiger partial charge on any atom is -0.358 e. The van der Waals surface area contributed by atoms with Gasteiger partial charge in [-0.25, -0.2) is 8.42 Å². The van der Waals surface area contributed by atoms with Gasteiger partial charge >= 0.3 is 0 Å². The molecule has 6 nitrogen and oxygen atoms in total. The van der Waals surface area contributed by atoms with E-state index < -0.39 is 10.0 Å². The average Bonchev–Trinajstić information content (AvgIpc) is 2.88. The number of benzene rings is 2. The fourth-order valence-corrected chi connectivity index (χ4v) is 5.91. The van der Waals surface area contributed by atoms with Crippen molar-refractivity contribution in [2.75, 3.05) is 18.4 Å². The molecule has 0 aliphatic carbocycles. The van der Waals surface area contributed by atoms with Gasteiger partial charge in [-0.15, -0.1) is 0 Å². The van der Waals surface area contributed by atoms with Crippen LogP contribution < -0.4 is 5.32 Å². The van der Waals surface area contributed by atoms with E-state index >= 15 is 0 Å². The number of rotatable bonds is 4. The van der Waals surface area contributed by atoms with E-state index in [9.17, 15) is 13.2 Å². The predicted octanol–water partition coefficient (Wildman–Crippen LogP) is 4.60. The lowest BCUT2D eigenvalue weighted by atomic mass is 10.1. The summed E-state index contributed by atoms with van der Waals surface area (Å²) in [6, 6.07) is 12.7. The Morgan fingerprint density at radius 1 is 1.00 bits per heavy atom. The second-order valence-electron chi connectivity index (χ2n) is 7.92. The van der Waals surface area contributed by atoms with E-state index in [1.54, 1.807) is 29.4 Å². The fourth-order valence-electron chi connectivity index (χ4n) is 4.14. The number of fused-ring (bicyclic) bond motifs is 1. The van der Waals surface area contributed by atoms with Crippen LogP contribution in [0.1, 0.15) is 47.3 Å². The van der Waals surface area contributed by atoms with Crippen LogP contribution in [0.4, 0.5) is 5.69 Å². The summed E-state index contributed by atoms with van der Waals surface area (Å²) in [7, 11) is -3.60. The van der Waals surface area contributed by atoms with Gasteiger partial charge in [-0.2, -0.15) is 4.31 Å². The number of amides is 1. The highest BCUT2D eigenvalue weighted by Gasteiger charge is 2.27. The number of carbonyl (C=O) groups excluding carboxylic acids is 1. The van der Waals surface area contributed by atoms with Gasteiger partial charge < -0.3 is 10.3 Å². The summed E-state index contributed by atoms with van der Waals surface area (Å²) in [4.78, 5) is 16.5. The third-order valence-corrected chi connectivity index (χ3v) is 7.79. The van der Waals surface area contributed by atoms with Gasteiger partial charge in [-0.1, -0.05) is 37.1 Å². The Kier molecular flexibility index (Phi) is 5.66. The predicted molar refractivity (Wildman–Crippen MR) is 119 cm³/mol. The van der Waals surface area contributed by atoms with Crippen LogP contribution in [0.5, 0.6) is 0 Å². The molecular formula is C23H27N3O3S. The molecule has 1 aliphatic heterocycles. The van der Waals surface area contributed by atoms with E-state index in [1.807, 2.05) is 31.2 Å². The standard InChI is InChI=1S/C23H27N3O3S/c1-16-11-12-18(15-21(16)30(28,29)26-13-7-3-4-8-14-26)25-23(27)22-17(2)24-20-10-6-5-9-19(20)22/h5-6,9-12,15,24H,3-4,7-8,13-14H2,1-2H3,(H,25,27). The molecule has 158 valence electrons. The normalized spacial score (nSPS) is 15.8.